The molecule has 2 atom stereocenters. The Hall–Kier alpha value is -2.05. The van der Waals surface area contributed by atoms with Gasteiger partial charge in [-0.1, -0.05) is 12.1 Å². The number of carbonyl (C=O) groups excluding carboxylic acids is 1. The second-order valence-corrected chi connectivity index (χ2v) is 5.87. The Morgan fingerprint density at radius 3 is 2.61 bits per heavy atom. The molecule has 23 heavy (non-hydrogen) atoms. The van der Waals surface area contributed by atoms with Gasteiger partial charge in [-0.3, -0.25) is 0 Å². The number of rotatable bonds is 4. The van der Waals surface area contributed by atoms with E-state index in [9.17, 15) is 4.79 Å². The van der Waals surface area contributed by atoms with Gasteiger partial charge in [0, 0.05) is 0 Å². The van der Waals surface area contributed by atoms with E-state index < -0.39 is 24.0 Å². The summed E-state index contributed by atoms with van der Waals surface area (Å²) in [6.07, 6.45) is -1.01. The zero-order valence-corrected chi connectivity index (χ0v) is 13.6. The van der Waals surface area contributed by atoms with Gasteiger partial charge in [-0.05, 0) is 31.5 Å². The molecule has 0 unspecified atom stereocenters. The topological polar surface area (TPSA) is 63.2 Å². The number of cyclic esters (lactones) is 1. The van der Waals surface area contributed by atoms with E-state index >= 15 is 0 Å². The van der Waals surface area contributed by atoms with Crippen molar-refractivity contribution in [1.29, 1.82) is 0 Å². The third kappa shape index (κ3) is 2.92. The molecule has 6 heteroatoms. The lowest BCUT2D eigenvalue weighted by atomic mass is 10.0. The largest absolute Gasteiger partial charge is 0.497 e. The van der Waals surface area contributed by atoms with Crippen LogP contribution < -0.4 is 4.74 Å². The summed E-state index contributed by atoms with van der Waals surface area (Å²) in [4.78, 5) is 12.4. The number of esters is 1. The highest BCUT2D eigenvalue weighted by Gasteiger charge is 2.47. The molecular weight excluding hydrogens is 300 g/mol. The number of hydrogen-bond donors (Lipinski definition) is 0. The van der Waals surface area contributed by atoms with E-state index in [0.29, 0.717) is 29.3 Å². The molecule has 3 rings (SSSR count). The molecule has 0 spiro atoms. The summed E-state index contributed by atoms with van der Waals surface area (Å²) >= 11 is 0. The van der Waals surface area contributed by atoms with Crippen molar-refractivity contribution < 1.29 is 28.5 Å². The third-order valence-corrected chi connectivity index (χ3v) is 3.89. The standard InChI is InChI=1S/C17H20O6/c1-17(2)21-9-12(23-17)14-15(20-4)13(16(18)22-14)10-6-5-7-11(8-10)19-3/h5-8,12,14H,9H2,1-4H3/t12-,14+/m0/s1. The Kier molecular flexibility index (Phi) is 4.04. The molecule has 0 N–H and O–H groups in total. The number of carbonyl (C=O) groups is 1. The van der Waals surface area contributed by atoms with Gasteiger partial charge in [0.1, 0.15) is 17.4 Å². The first kappa shape index (κ1) is 15.8. The van der Waals surface area contributed by atoms with Crippen LogP contribution in [0, 0.1) is 0 Å². The van der Waals surface area contributed by atoms with Gasteiger partial charge >= 0.3 is 5.97 Å². The first-order valence-corrected chi connectivity index (χ1v) is 7.40. The maximum Gasteiger partial charge on any atom is 0.343 e. The molecule has 1 saturated heterocycles. The molecule has 124 valence electrons. The third-order valence-electron chi connectivity index (χ3n) is 3.89. The van der Waals surface area contributed by atoms with Crippen molar-refractivity contribution in [1.82, 2.24) is 0 Å². The van der Waals surface area contributed by atoms with Gasteiger partial charge in [0.15, 0.2) is 17.7 Å². The molecule has 2 heterocycles. The molecule has 0 aliphatic carbocycles. The predicted molar refractivity (Wildman–Crippen MR) is 81.7 cm³/mol. The van der Waals surface area contributed by atoms with Gasteiger partial charge in [0.05, 0.1) is 20.8 Å². The second-order valence-electron chi connectivity index (χ2n) is 5.87. The molecule has 0 aromatic heterocycles. The Bertz CT molecular complexity index is 648. The fraction of sp³-hybridized carbons (Fsp3) is 0.471. The van der Waals surface area contributed by atoms with Crippen LogP contribution in [0.3, 0.4) is 0 Å². The van der Waals surface area contributed by atoms with Crippen molar-refractivity contribution in [2.75, 3.05) is 20.8 Å². The van der Waals surface area contributed by atoms with Gasteiger partial charge in [-0.2, -0.15) is 0 Å². The number of hydrogen-bond acceptors (Lipinski definition) is 6. The normalized spacial score (nSPS) is 26.3. The average molecular weight is 320 g/mol. The minimum Gasteiger partial charge on any atom is -0.497 e. The van der Waals surface area contributed by atoms with Gasteiger partial charge in [-0.15, -0.1) is 0 Å². The van der Waals surface area contributed by atoms with Crippen LogP contribution >= 0.6 is 0 Å². The minimum atomic E-state index is -0.700. The highest BCUT2D eigenvalue weighted by atomic mass is 16.8. The summed E-state index contributed by atoms with van der Waals surface area (Å²) in [5, 5.41) is 0. The van der Waals surface area contributed by atoms with E-state index in [1.54, 1.807) is 13.2 Å². The Balaban J connectivity index is 1.96. The fourth-order valence-corrected chi connectivity index (χ4v) is 2.84. The van der Waals surface area contributed by atoms with Crippen LogP contribution in [0.4, 0.5) is 0 Å². The molecule has 6 nitrogen and oxygen atoms in total. The molecule has 2 aliphatic heterocycles. The Morgan fingerprint density at radius 1 is 1.22 bits per heavy atom. The van der Waals surface area contributed by atoms with E-state index in [0.717, 1.165) is 0 Å². The SMILES string of the molecule is COC1=C(c2cccc(OC)c2)C(=O)O[C@@H]1[C@@H]1COC(C)(C)O1. The molecular formula is C17H20O6. The van der Waals surface area contributed by atoms with Gasteiger partial charge in [0.25, 0.3) is 0 Å². The van der Waals surface area contributed by atoms with Crippen molar-refractivity contribution >= 4 is 11.5 Å². The van der Waals surface area contributed by atoms with Gasteiger partial charge in [0.2, 0.25) is 0 Å². The van der Waals surface area contributed by atoms with Crippen molar-refractivity contribution in [3.63, 3.8) is 0 Å². The molecule has 0 radical (unpaired) electrons. The van der Waals surface area contributed by atoms with Crippen molar-refractivity contribution in [3.8, 4) is 5.75 Å². The van der Waals surface area contributed by atoms with Crippen molar-refractivity contribution in [2.24, 2.45) is 0 Å². The molecule has 1 aromatic rings. The van der Waals surface area contributed by atoms with Crippen LogP contribution in [0.15, 0.2) is 30.0 Å². The van der Waals surface area contributed by atoms with Crippen LogP contribution in [-0.2, 0) is 23.7 Å². The molecule has 0 amide bonds. The molecule has 1 aromatic carbocycles. The summed E-state index contributed by atoms with van der Waals surface area (Å²) in [6.45, 7) is 3.98. The lowest BCUT2D eigenvalue weighted by Crippen LogP contribution is -2.33. The van der Waals surface area contributed by atoms with Crippen LogP contribution in [0.25, 0.3) is 5.57 Å². The quantitative estimate of drug-likeness (QED) is 0.792. The Labute approximate surface area is 134 Å². The number of methoxy groups -OCH3 is 2. The summed E-state index contributed by atoms with van der Waals surface area (Å²) in [6, 6.07) is 7.21. The highest BCUT2D eigenvalue weighted by Crippen LogP contribution is 2.37. The predicted octanol–water partition coefficient (Wildman–Crippen LogP) is 2.13. The maximum absolute atomic E-state index is 12.4. The number of benzene rings is 1. The van der Waals surface area contributed by atoms with Crippen LogP contribution in [-0.4, -0.2) is 44.8 Å². The lowest BCUT2D eigenvalue weighted by Gasteiger charge is -2.21. The summed E-state index contributed by atoms with van der Waals surface area (Å²) < 4.78 is 27.5. The summed E-state index contributed by atoms with van der Waals surface area (Å²) in [7, 11) is 3.09. The van der Waals surface area contributed by atoms with E-state index in [2.05, 4.69) is 0 Å². The monoisotopic (exact) mass is 320 g/mol. The molecule has 0 saturated carbocycles. The first-order chi connectivity index (χ1) is 10.9. The molecule has 2 aliphatic rings. The highest BCUT2D eigenvalue weighted by molar-refractivity contribution is 6.19. The van der Waals surface area contributed by atoms with E-state index in [1.807, 2.05) is 32.0 Å². The van der Waals surface area contributed by atoms with E-state index in [-0.39, 0.29) is 0 Å². The van der Waals surface area contributed by atoms with E-state index in [1.165, 1.54) is 7.11 Å². The van der Waals surface area contributed by atoms with Gasteiger partial charge in [-0.25, -0.2) is 4.79 Å². The maximum atomic E-state index is 12.4. The smallest absolute Gasteiger partial charge is 0.343 e. The molecule has 1 fully saturated rings. The van der Waals surface area contributed by atoms with Crippen LogP contribution in [0.2, 0.25) is 0 Å². The first-order valence-electron chi connectivity index (χ1n) is 7.40. The lowest BCUT2D eigenvalue weighted by molar-refractivity contribution is -0.162. The second kappa shape index (κ2) is 5.86. The zero-order chi connectivity index (χ0) is 16.6. The number of ether oxygens (including phenoxy) is 5. The average Bonchev–Trinajstić information content (AvgIpc) is 3.06. The van der Waals surface area contributed by atoms with Crippen molar-refractivity contribution in [3.05, 3.63) is 35.6 Å². The minimum absolute atomic E-state index is 0.337. The van der Waals surface area contributed by atoms with Crippen LogP contribution in [0.5, 0.6) is 5.75 Å². The van der Waals surface area contributed by atoms with Crippen molar-refractivity contribution in [2.45, 2.75) is 31.8 Å². The molecule has 0 bridgehead atoms. The Morgan fingerprint density at radius 2 is 2.00 bits per heavy atom. The summed E-state index contributed by atoms with van der Waals surface area (Å²) in [5.41, 5.74) is 1.08. The summed E-state index contributed by atoms with van der Waals surface area (Å²) in [5.74, 6) is -0.0273. The zero-order valence-electron chi connectivity index (χ0n) is 13.6. The fourth-order valence-electron chi connectivity index (χ4n) is 2.84. The van der Waals surface area contributed by atoms with Crippen LogP contribution in [0.1, 0.15) is 19.4 Å². The van der Waals surface area contributed by atoms with E-state index in [4.69, 9.17) is 23.7 Å². The van der Waals surface area contributed by atoms with Gasteiger partial charge < -0.3 is 23.7 Å².